The third kappa shape index (κ3) is 2.70. The lowest BCUT2D eigenvalue weighted by molar-refractivity contribution is -0.987. The summed E-state index contributed by atoms with van der Waals surface area (Å²) >= 11 is 0. The van der Waals surface area contributed by atoms with Gasteiger partial charge in [0.15, 0.2) is 11.8 Å². The molecule has 0 aromatic heterocycles. The van der Waals surface area contributed by atoms with E-state index < -0.39 is 10.7 Å². The van der Waals surface area contributed by atoms with Crippen LogP contribution in [0.25, 0.3) is 0 Å². The summed E-state index contributed by atoms with van der Waals surface area (Å²) < 4.78 is 20.6. The number of halogens is 1. The van der Waals surface area contributed by atoms with Crippen molar-refractivity contribution in [3.05, 3.63) is 53.5 Å². The predicted octanol–water partition coefficient (Wildman–Crippen LogP) is 1.47. The van der Waals surface area contributed by atoms with Crippen molar-refractivity contribution in [1.82, 2.24) is 10.2 Å². The number of amides is 1. The van der Waals surface area contributed by atoms with Crippen molar-refractivity contribution in [2.24, 2.45) is 10.1 Å². The number of carbonyl (C=O) groups excluding carboxylic acids is 1. The summed E-state index contributed by atoms with van der Waals surface area (Å²) in [6.07, 6.45) is 4.05. The number of carbonyl (C=O) groups is 1. The first kappa shape index (κ1) is 15.5. The van der Waals surface area contributed by atoms with Gasteiger partial charge >= 0.3 is 5.82 Å². The highest BCUT2D eigenvalue weighted by Gasteiger charge is 2.45. The van der Waals surface area contributed by atoms with Crippen LogP contribution in [0.2, 0.25) is 0 Å². The van der Waals surface area contributed by atoms with Crippen LogP contribution in [0.5, 0.6) is 5.75 Å². The first-order valence-electron chi connectivity index (χ1n) is 7.94. The van der Waals surface area contributed by atoms with Crippen molar-refractivity contribution < 1.29 is 18.8 Å². The first-order chi connectivity index (χ1) is 12.1. The number of quaternary nitrogens is 1. The molecule has 2 bridgehead atoms. The Kier molecular flexibility index (Phi) is 3.61. The minimum absolute atomic E-state index is 0.0321. The van der Waals surface area contributed by atoms with E-state index in [0.29, 0.717) is 25.5 Å². The number of aliphatic imine (C=N–C) groups is 1. The van der Waals surface area contributed by atoms with Gasteiger partial charge in [-0.2, -0.15) is 4.99 Å². The number of likely N-dealkylation sites (N-methyl/N-ethyl adjacent to an activating group) is 1. The summed E-state index contributed by atoms with van der Waals surface area (Å²) in [5.74, 6) is 0.844. The number of nitrogens with one attached hydrogen (secondary N) is 1. The topological polar surface area (TPSA) is 66.3 Å². The number of hydrogen-bond donors (Lipinski definition) is 1. The van der Waals surface area contributed by atoms with E-state index in [1.807, 2.05) is 36.2 Å². The number of benzene rings is 1. The molecule has 1 amide bonds. The second-order valence-electron chi connectivity index (χ2n) is 5.94. The molecule has 0 aliphatic carbocycles. The highest BCUT2D eigenvalue weighted by Crippen LogP contribution is 2.33. The Morgan fingerprint density at radius 2 is 2.20 bits per heavy atom. The fourth-order valence-corrected chi connectivity index (χ4v) is 2.88. The standard InChI is InChI=1S/C17H16FN5O2/c1-22-11-12-4-2-3-5-14(12)25-9-7-19-17(24)13-10-20-23(18)8-6-15(22)21-16(13)23/h2-6,8,10H,7,9,11H2,1H3/p+1. The molecule has 0 saturated carbocycles. The van der Waals surface area contributed by atoms with Gasteiger partial charge in [0.25, 0.3) is 5.91 Å². The summed E-state index contributed by atoms with van der Waals surface area (Å²) in [6.45, 7) is 1.15. The second-order valence-corrected chi connectivity index (χ2v) is 5.94. The summed E-state index contributed by atoms with van der Waals surface area (Å²) in [5, 5.41) is 6.47. The van der Waals surface area contributed by atoms with Gasteiger partial charge in [-0.1, -0.05) is 18.2 Å². The molecular formula is C17H17FN5O2+. The third-order valence-corrected chi connectivity index (χ3v) is 4.20. The Morgan fingerprint density at radius 3 is 3.08 bits per heavy atom. The van der Waals surface area contributed by atoms with Crippen LogP contribution in [0.3, 0.4) is 0 Å². The average molecular weight is 342 g/mol. The smallest absolute Gasteiger partial charge is 0.316 e. The van der Waals surface area contributed by atoms with Crippen LogP contribution in [-0.4, -0.2) is 47.9 Å². The van der Waals surface area contributed by atoms with Gasteiger partial charge in [-0.3, -0.25) is 4.79 Å². The maximum absolute atomic E-state index is 14.8. The molecule has 0 fully saturated rings. The summed E-state index contributed by atoms with van der Waals surface area (Å²) in [7, 11) is 1.86. The van der Waals surface area contributed by atoms with Gasteiger partial charge in [0.2, 0.25) is 0 Å². The highest BCUT2D eigenvalue weighted by molar-refractivity contribution is 6.13. The average Bonchev–Trinajstić information content (AvgIpc) is 2.95. The first-order valence-corrected chi connectivity index (χ1v) is 7.94. The van der Waals surface area contributed by atoms with Crippen molar-refractivity contribution in [3.63, 3.8) is 0 Å². The molecule has 3 aliphatic rings. The van der Waals surface area contributed by atoms with E-state index in [0.717, 1.165) is 11.3 Å². The number of hydrogen-bond acceptors (Lipinski definition) is 5. The molecule has 0 radical (unpaired) electrons. The monoisotopic (exact) mass is 342 g/mol. The van der Waals surface area contributed by atoms with Gasteiger partial charge in [0.1, 0.15) is 24.4 Å². The van der Waals surface area contributed by atoms with Crippen LogP contribution in [0, 0.1) is 0 Å². The molecule has 7 nitrogen and oxygen atoms in total. The molecule has 128 valence electrons. The fraction of sp³-hybridized carbons (Fsp3) is 0.235. The molecule has 1 unspecified atom stereocenters. The largest absolute Gasteiger partial charge is 0.491 e. The Bertz CT molecular complexity index is 860. The van der Waals surface area contributed by atoms with Gasteiger partial charge in [0, 0.05) is 29.7 Å². The molecule has 0 saturated heterocycles. The normalized spacial score (nSPS) is 25.3. The SMILES string of the molecule is CN1Cc2ccccc2OCCNC(=O)C2=C3N=C1C=C[N+]3(F)N=C2. The molecule has 4 rings (SSSR count). The molecule has 3 heterocycles. The summed E-state index contributed by atoms with van der Waals surface area (Å²) in [4.78, 5) is 17.2. The number of fused-ring (bicyclic) bond motifs is 1. The van der Waals surface area contributed by atoms with Gasteiger partial charge in [-0.15, -0.1) is 0 Å². The molecule has 25 heavy (non-hydrogen) atoms. The van der Waals surface area contributed by atoms with Gasteiger partial charge in [-0.05, 0) is 11.2 Å². The zero-order chi connectivity index (χ0) is 17.4. The second kappa shape index (κ2) is 5.82. The zero-order valence-corrected chi connectivity index (χ0v) is 13.6. The van der Waals surface area contributed by atoms with Gasteiger partial charge in [-0.25, -0.2) is 0 Å². The molecule has 1 aromatic carbocycles. The van der Waals surface area contributed by atoms with E-state index in [-0.39, 0.29) is 11.4 Å². The maximum atomic E-state index is 14.8. The Labute approximate surface area is 143 Å². The molecule has 1 aromatic rings. The molecule has 8 heteroatoms. The van der Waals surface area contributed by atoms with Crippen molar-refractivity contribution in [1.29, 1.82) is 0 Å². The Morgan fingerprint density at radius 1 is 1.36 bits per heavy atom. The lowest BCUT2D eigenvalue weighted by Gasteiger charge is -2.23. The van der Waals surface area contributed by atoms with Crippen LogP contribution < -0.4 is 10.1 Å². The highest BCUT2D eigenvalue weighted by atomic mass is 19.2. The number of nitrogens with zero attached hydrogens (tertiary/aromatic N) is 4. The van der Waals surface area contributed by atoms with E-state index >= 15 is 0 Å². The van der Waals surface area contributed by atoms with Crippen LogP contribution >= 0.6 is 0 Å². The fourth-order valence-electron chi connectivity index (χ4n) is 2.88. The number of rotatable bonds is 0. The molecule has 0 spiro atoms. The van der Waals surface area contributed by atoms with Crippen molar-refractivity contribution in [2.45, 2.75) is 6.54 Å². The molecule has 3 aliphatic heterocycles. The van der Waals surface area contributed by atoms with E-state index in [9.17, 15) is 9.28 Å². The van der Waals surface area contributed by atoms with Crippen molar-refractivity contribution >= 4 is 18.0 Å². The lowest BCUT2D eigenvalue weighted by Crippen LogP contribution is -2.34. The van der Waals surface area contributed by atoms with E-state index in [4.69, 9.17) is 4.74 Å². The van der Waals surface area contributed by atoms with Crippen LogP contribution in [0.4, 0.5) is 4.48 Å². The van der Waals surface area contributed by atoms with Crippen LogP contribution in [-0.2, 0) is 11.3 Å². The zero-order valence-electron chi connectivity index (χ0n) is 13.6. The lowest BCUT2D eigenvalue weighted by atomic mass is 10.2. The summed E-state index contributed by atoms with van der Waals surface area (Å²) in [5.41, 5.74) is 1.10. The predicted molar refractivity (Wildman–Crippen MR) is 89.9 cm³/mol. The third-order valence-electron chi connectivity index (χ3n) is 4.20. The van der Waals surface area contributed by atoms with Crippen molar-refractivity contribution in [2.75, 3.05) is 20.2 Å². The Balaban J connectivity index is 1.76. The maximum Gasteiger partial charge on any atom is 0.316 e. The quantitative estimate of drug-likeness (QED) is 0.726. The van der Waals surface area contributed by atoms with E-state index in [1.54, 1.807) is 6.08 Å². The van der Waals surface area contributed by atoms with Crippen molar-refractivity contribution in [3.8, 4) is 5.75 Å². The van der Waals surface area contributed by atoms with Crippen LogP contribution in [0.1, 0.15) is 5.56 Å². The number of para-hydroxylation sites is 1. The van der Waals surface area contributed by atoms with Gasteiger partial charge < -0.3 is 15.0 Å². The minimum atomic E-state index is -1.34. The van der Waals surface area contributed by atoms with Crippen LogP contribution in [0.15, 0.2) is 58.0 Å². The minimum Gasteiger partial charge on any atom is -0.491 e. The summed E-state index contributed by atoms with van der Waals surface area (Å²) in [6, 6.07) is 7.69. The molecular weight excluding hydrogens is 325 g/mol. The molecule has 1 atom stereocenters. The van der Waals surface area contributed by atoms with E-state index in [1.165, 1.54) is 12.4 Å². The van der Waals surface area contributed by atoms with E-state index in [2.05, 4.69) is 15.4 Å². The van der Waals surface area contributed by atoms with Gasteiger partial charge in [0.05, 0.1) is 11.4 Å². The Hall–Kier alpha value is -3.00. The number of ether oxygens (including phenoxy) is 1. The number of amidine groups is 1. The molecule has 1 N–H and O–H groups in total.